The number of aromatic nitrogens is 5. The molecule has 1 saturated heterocycles. The summed E-state index contributed by atoms with van der Waals surface area (Å²) in [6.45, 7) is 8.57. The maximum absolute atomic E-state index is 12.4. The van der Waals surface area contributed by atoms with Crippen LogP contribution in [0.15, 0.2) is 23.5 Å². The Morgan fingerprint density at radius 2 is 2.04 bits per heavy atom. The second kappa shape index (κ2) is 6.52. The number of rotatable bonds is 4. The zero-order valence-corrected chi connectivity index (χ0v) is 14.0. The first-order valence-electron chi connectivity index (χ1n) is 8.31. The Morgan fingerprint density at radius 3 is 2.70 bits per heavy atom. The molecule has 0 atom stereocenters. The van der Waals surface area contributed by atoms with Crippen molar-refractivity contribution in [2.45, 2.75) is 52.1 Å². The number of nitrogens with zero attached hydrogens (tertiary/aromatic N) is 6. The fraction of sp³-hybridized carbons (Fsp3) is 0.625. The molecule has 23 heavy (non-hydrogen) atoms. The molecule has 0 aliphatic carbocycles. The van der Waals surface area contributed by atoms with E-state index in [1.165, 1.54) is 0 Å². The highest BCUT2D eigenvalue weighted by Crippen LogP contribution is 2.28. The second-order valence-electron chi connectivity index (χ2n) is 6.29. The van der Waals surface area contributed by atoms with E-state index < -0.39 is 0 Å². The lowest BCUT2D eigenvalue weighted by Crippen LogP contribution is -2.39. The number of hydrogen-bond acceptors (Lipinski definition) is 5. The van der Waals surface area contributed by atoms with Crippen LogP contribution in [0.2, 0.25) is 0 Å². The average molecular weight is 316 g/mol. The maximum Gasteiger partial charge on any atom is 0.293 e. The molecular weight excluding hydrogens is 292 g/mol. The third kappa shape index (κ3) is 3.00. The molecule has 1 fully saturated rings. The molecule has 2 aromatic rings. The van der Waals surface area contributed by atoms with Crippen LogP contribution >= 0.6 is 0 Å². The van der Waals surface area contributed by atoms with E-state index in [1.807, 2.05) is 13.3 Å². The third-order valence-electron chi connectivity index (χ3n) is 4.55. The van der Waals surface area contributed by atoms with Crippen LogP contribution in [-0.2, 0) is 6.54 Å². The summed E-state index contributed by atoms with van der Waals surface area (Å²) >= 11 is 0. The van der Waals surface area contributed by atoms with Gasteiger partial charge in [0.25, 0.3) is 5.56 Å². The molecule has 1 aliphatic heterocycles. The number of piperidine rings is 1. The molecule has 2 aromatic heterocycles. The van der Waals surface area contributed by atoms with Crippen LogP contribution in [0.1, 0.15) is 51.4 Å². The monoisotopic (exact) mass is 316 g/mol. The summed E-state index contributed by atoms with van der Waals surface area (Å²) in [6.07, 6.45) is 7.19. The van der Waals surface area contributed by atoms with Gasteiger partial charge in [-0.2, -0.15) is 0 Å². The Hall–Kier alpha value is -2.18. The predicted molar refractivity (Wildman–Crippen MR) is 88.8 cm³/mol. The Labute approximate surface area is 136 Å². The molecule has 0 bridgehead atoms. The second-order valence-corrected chi connectivity index (χ2v) is 6.29. The van der Waals surface area contributed by atoms with E-state index in [1.54, 1.807) is 17.0 Å². The minimum Gasteiger partial charge on any atom is -0.352 e. The van der Waals surface area contributed by atoms with Crippen molar-refractivity contribution in [3.8, 4) is 0 Å². The van der Waals surface area contributed by atoms with Crippen LogP contribution in [0.4, 0.5) is 5.82 Å². The number of anilines is 1. The lowest BCUT2D eigenvalue weighted by atomic mass is 9.95. The molecule has 0 radical (unpaired) electrons. The van der Waals surface area contributed by atoms with E-state index in [2.05, 4.69) is 38.5 Å². The van der Waals surface area contributed by atoms with Crippen molar-refractivity contribution in [1.29, 1.82) is 0 Å². The molecule has 0 aromatic carbocycles. The quantitative estimate of drug-likeness (QED) is 0.860. The van der Waals surface area contributed by atoms with Gasteiger partial charge in [0.1, 0.15) is 12.2 Å². The van der Waals surface area contributed by atoms with E-state index in [9.17, 15) is 4.79 Å². The molecule has 0 spiro atoms. The Balaban J connectivity index is 1.74. The summed E-state index contributed by atoms with van der Waals surface area (Å²) in [5, 5.41) is 8.38. The SMILES string of the molecule is CCn1ccnc(N2CCC(c3nncn3C(C)C)CC2)c1=O. The highest BCUT2D eigenvalue weighted by molar-refractivity contribution is 5.36. The summed E-state index contributed by atoms with van der Waals surface area (Å²) in [6, 6.07) is 0.366. The van der Waals surface area contributed by atoms with Gasteiger partial charge in [-0.05, 0) is 33.6 Å². The predicted octanol–water partition coefficient (Wildman–Crippen LogP) is 1.82. The molecule has 7 heteroatoms. The van der Waals surface area contributed by atoms with Gasteiger partial charge in [0.2, 0.25) is 0 Å². The van der Waals surface area contributed by atoms with Gasteiger partial charge in [-0.3, -0.25) is 4.79 Å². The Bertz CT molecular complexity index is 711. The Morgan fingerprint density at radius 1 is 1.30 bits per heavy atom. The number of hydrogen-bond donors (Lipinski definition) is 0. The average Bonchev–Trinajstić information content (AvgIpc) is 3.05. The fourth-order valence-electron chi connectivity index (χ4n) is 3.19. The summed E-state index contributed by atoms with van der Waals surface area (Å²) < 4.78 is 3.84. The molecule has 3 rings (SSSR count). The lowest BCUT2D eigenvalue weighted by Gasteiger charge is -2.32. The highest BCUT2D eigenvalue weighted by Gasteiger charge is 2.26. The zero-order chi connectivity index (χ0) is 16.4. The molecule has 0 unspecified atom stereocenters. The van der Waals surface area contributed by atoms with Crippen molar-refractivity contribution in [3.05, 3.63) is 34.9 Å². The van der Waals surface area contributed by atoms with E-state index in [4.69, 9.17) is 0 Å². The van der Waals surface area contributed by atoms with Gasteiger partial charge < -0.3 is 14.0 Å². The molecule has 3 heterocycles. The van der Waals surface area contributed by atoms with Gasteiger partial charge in [-0.25, -0.2) is 4.98 Å². The normalized spacial score (nSPS) is 16.3. The van der Waals surface area contributed by atoms with Gasteiger partial charge in [-0.1, -0.05) is 0 Å². The van der Waals surface area contributed by atoms with Crippen molar-refractivity contribution >= 4 is 5.82 Å². The summed E-state index contributed by atoms with van der Waals surface area (Å²) in [5.41, 5.74) is -0.00111. The molecule has 0 saturated carbocycles. The van der Waals surface area contributed by atoms with E-state index in [0.29, 0.717) is 24.3 Å². The standard InChI is InChI=1S/C16H24N6O/c1-4-20-10-7-17-15(16(20)23)21-8-5-13(6-9-21)14-19-18-11-22(14)12(2)3/h7,10-13H,4-6,8-9H2,1-3H3. The van der Waals surface area contributed by atoms with E-state index in [0.717, 1.165) is 31.8 Å². The Kier molecular flexibility index (Phi) is 4.45. The first kappa shape index (κ1) is 15.7. The summed E-state index contributed by atoms with van der Waals surface area (Å²) in [7, 11) is 0. The number of aryl methyl sites for hydroxylation is 1. The topological polar surface area (TPSA) is 68.8 Å². The van der Waals surface area contributed by atoms with Crippen molar-refractivity contribution in [2.24, 2.45) is 0 Å². The summed E-state index contributed by atoms with van der Waals surface area (Å²) in [4.78, 5) is 18.8. The first-order chi connectivity index (χ1) is 11.1. The van der Waals surface area contributed by atoms with Crippen molar-refractivity contribution in [2.75, 3.05) is 18.0 Å². The molecule has 1 aliphatic rings. The molecule has 124 valence electrons. The lowest BCUT2D eigenvalue weighted by molar-refractivity contribution is 0.446. The minimum absolute atomic E-state index is 0.00111. The molecule has 7 nitrogen and oxygen atoms in total. The van der Waals surface area contributed by atoms with Gasteiger partial charge in [-0.15, -0.1) is 10.2 Å². The molecule has 0 amide bonds. The van der Waals surface area contributed by atoms with Crippen LogP contribution < -0.4 is 10.5 Å². The van der Waals surface area contributed by atoms with Crippen LogP contribution in [0.25, 0.3) is 0 Å². The van der Waals surface area contributed by atoms with Crippen molar-refractivity contribution in [3.63, 3.8) is 0 Å². The molecule has 0 N–H and O–H groups in total. The fourth-order valence-corrected chi connectivity index (χ4v) is 3.19. The molecular formula is C16H24N6O. The zero-order valence-electron chi connectivity index (χ0n) is 14.0. The van der Waals surface area contributed by atoms with Crippen molar-refractivity contribution < 1.29 is 0 Å². The van der Waals surface area contributed by atoms with Gasteiger partial charge >= 0.3 is 0 Å². The van der Waals surface area contributed by atoms with Gasteiger partial charge in [0.15, 0.2) is 5.82 Å². The summed E-state index contributed by atoms with van der Waals surface area (Å²) in [5.74, 6) is 2.03. The maximum atomic E-state index is 12.4. The van der Waals surface area contributed by atoms with E-state index >= 15 is 0 Å². The van der Waals surface area contributed by atoms with Gasteiger partial charge in [0.05, 0.1) is 0 Å². The highest BCUT2D eigenvalue weighted by atomic mass is 16.1. The van der Waals surface area contributed by atoms with Crippen LogP contribution in [-0.4, -0.2) is 37.4 Å². The smallest absolute Gasteiger partial charge is 0.293 e. The van der Waals surface area contributed by atoms with Crippen LogP contribution in [0, 0.1) is 0 Å². The van der Waals surface area contributed by atoms with Gasteiger partial charge in [0, 0.05) is 44.0 Å². The van der Waals surface area contributed by atoms with Crippen LogP contribution in [0.3, 0.4) is 0 Å². The van der Waals surface area contributed by atoms with Crippen LogP contribution in [0.5, 0.6) is 0 Å². The minimum atomic E-state index is -0.00111. The van der Waals surface area contributed by atoms with Crippen molar-refractivity contribution in [1.82, 2.24) is 24.3 Å². The van der Waals surface area contributed by atoms with E-state index in [-0.39, 0.29) is 5.56 Å². The first-order valence-corrected chi connectivity index (χ1v) is 8.31. The largest absolute Gasteiger partial charge is 0.352 e. The third-order valence-corrected chi connectivity index (χ3v) is 4.55.